The molecule has 1 aromatic carbocycles. The van der Waals surface area contributed by atoms with Crippen LogP contribution in [0.1, 0.15) is 34.1 Å². The van der Waals surface area contributed by atoms with E-state index < -0.39 is 0 Å². The van der Waals surface area contributed by atoms with E-state index in [0.29, 0.717) is 30.8 Å². The Kier molecular flexibility index (Phi) is 4.99. The maximum atomic E-state index is 13.4. The van der Waals surface area contributed by atoms with Crippen molar-refractivity contribution in [3.05, 3.63) is 71.3 Å². The summed E-state index contributed by atoms with van der Waals surface area (Å²) in [6.07, 6.45) is 7.85. The van der Waals surface area contributed by atoms with Gasteiger partial charge >= 0.3 is 0 Å². The van der Waals surface area contributed by atoms with Crippen LogP contribution in [0.15, 0.2) is 48.9 Å². The summed E-state index contributed by atoms with van der Waals surface area (Å²) in [7, 11) is 0. The van der Waals surface area contributed by atoms with Gasteiger partial charge in [0, 0.05) is 65.7 Å². The number of nitrogens with two attached hydrogens (primary N) is 1. The maximum absolute atomic E-state index is 13.4. The molecule has 1 atom stereocenters. The highest BCUT2D eigenvalue weighted by Gasteiger charge is 2.28. The molecule has 0 unspecified atom stereocenters. The molecule has 32 heavy (non-hydrogen) atoms. The van der Waals surface area contributed by atoms with E-state index in [2.05, 4.69) is 26.6 Å². The van der Waals surface area contributed by atoms with Crippen molar-refractivity contribution < 1.29 is 9.59 Å². The summed E-state index contributed by atoms with van der Waals surface area (Å²) in [5.41, 5.74) is 12.0. The standard InChI is InChI=1S/C24H24N6O2/c1-14(31)30-7-6-22-23-16(12-27-29-22)9-19(20(23)13-30)24(32)28-17(10-25)8-15-11-26-21-5-3-2-4-18(15)21/h2-7,9,11-12,17,26-27H,8,10,13,25H2,1H3,(H,28,32)/t17-/m0/s1. The zero-order chi connectivity index (χ0) is 22.2. The molecule has 8 heteroatoms. The van der Waals surface area contributed by atoms with Crippen LogP contribution in [-0.4, -0.2) is 44.5 Å². The molecular weight excluding hydrogens is 404 g/mol. The molecular formula is C24H24N6O2. The summed E-state index contributed by atoms with van der Waals surface area (Å²) < 4.78 is 0. The zero-order valence-electron chi connectivity index (χ0n) is 17.7. The molecule has 162 valence electrons. The van der Waals surface area contributed by atoms with E-state index in [-0.39, 0.29) is 17.9 Å². The lowest BCUT2D eigenvalue weighted by atomic mass is 10.0. The molecule has 0 saturated carbocycles. The van der Waals surface area contributed by atoms with E-state index in [4.69, 9.17) is 5.73 Å². The van der Waals surface area contributed by atoms with Crippen molar-refractivity contribution in [3.63, 3.8) is 0 Å². The van der Waals surface area contributed by atoms with E-state index in [1.165, 1.54) is 6.92 Å². The molecule has 0 radical (unpaired) electrons. The summed E-state index contributed by atoms with van der Waals surface area (Å²) in [4.78, 5) is 30.3. The normalized spacial score (nSPS) is 14.0. The number of hydrogen-bond donors (Lipinski definition) is 4. The molecule has 1 aromatic heterocycles. The average Bonchev–Trinajstić information content (AvgIpc) is 3.31. The zero-order valence-corrected chi connectivity index (χ0v) is 17.7. The number of rotatable bonds is 5. The van der Waals surface area contributed by atoms with Crippen molar-refractivity contribution in [1.29, 1.82) is 0 Å². The van der Waals surface area contributed by atoms with Gasteiger partial charge in [0.25, 0.3) is 5.91 Å². The van der Waals surface area contributed by atoms with Crippen LogP contribution in [0.3, 0.4) is 0 Å². The first kappa shape index (κ1) is 20.0. The molecule has 0 bridgehead atoms. The molecule has 3 heterocycles. The summed E-state index contributed by atoms with van der Waals surface area (Å²) in [5, 5.41) is 11.4. The van der Waals surface area contributed by atoms with Crippen LogP contribution < -0.4 is 11.1 Å². The summed E-state index contributed by atoms with van der Waals surface area (Å²) in [5.74, 6) is -0.305. The lowest BCUT2D eigenvalue weighted by molar-refractivity contribution is -0.126. The van der Waals surface area contributed by atoms with Crippen LogP contribution in [0.5, 0.6) is 0 Å². The molecule has 1 aliphatic carbocycles. The van der Waals surface area contributed by atoms with Gasteiger partial charge in [-0.3, -0.25) is 14.7 Å². The predicted octanol–water partition coefficient (Wildman–Crippen LogP) is 2.63. The van der Waals surface area contributed by atoms with Crippen LogP contribution in [-0.2, 0) is 17.8 Å². The van der Waals surface area contributed by atoms with Gasteiger partial charge in [0.05, 0.1) is 12.2 Å². The Labute approximate surface area is 184 Å². The van der Waals surface area contributed by atoms with Gasteiger partial charge in [0.15, 0.2) is 0 Å². The lowest BCUT2D eigenvalue weighted by Crippen LogP contribution is -2.42. The predicted molar refractivity (Wildman–Crippen MR) is 123 cm³/mol. The number of carbonyl (C=O) groups is 2. The van der Waals surface area contributed by atoms with E-state index in [0.717, 1.165) is 33.2 Å². The van der Waals surface area contributed by atoms with Crippen molar-refractivity contribution in [2.24, 2.45) is 5.73 Å². The highest BCUT2D eigenvalue weighted by Crippen LogP contribution is 2.36. The quantitative estimate of drug-likeness (QED) is 0.391. The van der Waals surface area contributed by atoms with Gasteiger partial charge in [0.2, 0.25) is 5.91 Å². The number of nitrogens with zero attached hydrogens (tertiary/aromatic N) is 2. The molecule has 3 aliphatic rings. The Morgan fingerprint density at radius 2 is 2.12 bits per heavy atom. The Hall–Kier alpha value is -3.91. The van der Waals surface area contributed by atoms with Crippen LogP contribution >= 0.6 is 0 Å². The number of fused-ring (bicyclic) bond motifs is 1. The fourth-order valence-corrected chi connectivity index (χ4v) is 4.38. The fraction of sp³-hybridized carbons (Fsp3) is 0.208. The van der Waals surface area contributed by atoms with Crippen LogP contribution in [0, 0.1) is 0 Å². The van der Waals surface area contributed by atoms with Crippen molar-refractivity contribution >= 4 is 28.8 Å². The van der Waals surface area contributed by atoms with Crippen molar-refractivity contribution in [3.8, 4) is 11.1 Å². The molecule has 2 aromatic rings. The first-order chi connectivity index (χ1) is 15.5. The molecule has 5 rings (SSSR count). The number of para-hydroxylation sites is 1. The highest BCUT2D eigenvalue weighted by atomic mass is 16.2. The Balaban J connectivity index is 1.45. The number of hydrogen-bond acceptors (Lipinski definition) is 4. The number of carbonyl (C=O) groups excluding carboxylic acids is 2. The smallest absolute Gasteiger partial charge is 0.251 e. The van der Waals surface area contributed by atoms with Crippen molar-refractivity contribution in [2.75, 3.05) is 6.54 Å². The van der Waals surface area contributed by atoms with Crippen molar-refractivity contribution in [1.82, 2.24) is 25.4 Å². The highest BCUT2D eigenvalue weighted by molar-refractivity contribution is 6.02. The van der Waals surface area contributed by atoms with Crippen molar-refractivity contribution in [2.45, 2.75) is 25.9 Å². The second-order valence-corrected chi connectivity index (χ2v) is 8.07. The molecule has 2 aliphatic heterocycles. The van der Waals surface area contributed by atoms with Gasteiger partial charge in [-0.1, -0.05) is 18.2 Å². The maximum Gasteiger partial charge on any atom is 0.251 e. The van der Waals surface area contributed by atoms with Gasteiger partial charge in [-0.05, 0) is 35.8 Å². The number of nitrogens with one attached hydrogen (secondary N) is 3. The van der Waals surface area contributed by atoms with Crippen LogP contribution in [0.4, 0.5) is 0 Å². The molecule has 2 amide bonds. The third-order valence-electron chi connectivity index (χ3n) is 6.03. The number of amides is 2. The van der Waals surface area contributed by atoms with Gasteiger partial charge in [-0.2, -0.15) is 5.10 Å². The van der Waals surface area contributed by atoms with Gasteiger partial charge in [-0.25, -0.2) is 0 Å². The number of aromatic nitrogens is 3. The third kappa shape index (κ3) is 3.44. The van der Waals surface area contributed by atoms with E-state index in [1.54, 1.807) is 23.4 Å². The topological polar surface area (TPSA) is 120 Å². The summed E-state index contributed by atoms with van der Waals surface area (Å²) >= 11 is 0. The fourth-order valence-electron chi connectivity index (χ4n) is 4.38. The van der Waals surface area contributed by atoms with E-state index >= 15 is 0 Å². The minimum atomic E-state index is -0.233. The van der Waals surface area contributed by atoms with Gasteiger partial charge in [-0.15, -0.1) is 0 Å². The van der Waals surface area contributed by atoms with E-state index in [1.807, 2.05) is 30.5 Å². The van der Waals surface area contributed by atoms with E-state index in [9.17, 15) is 9.59 Å². The average molecular weight is 428 g/mol. The SMILES string of the molecule is CC(=O)N1C=Cc2n[nH]cc3cc(C(=O)N[C@H](CN)Cc4c[nH]c5ccccc45)c(c2-3)C1. The van der Waals surface area contributed by atoms with Crippen LogP contribution in [0.2, 0.25) is 0 Å². The minimum absolute atomic E-state index is 0.0992. The first-order valence-corrected chi connectivity index (χ1v) is 10.6. The second-order valence-electron chi connectivity index (χ2n) is 8.07. The Bertz CT molecular complexity index is 1320. The van der Waals surface area contributed by atoms with Gasteiger partial charge in [0.1, 0.15) is 0 Å². The lowest BCUT2D eigenvalue weighted by Gasteiger charge is -2.19. The minimum Gasteiger partial charge on any atom is -0.361 e. The molecule has 0 saturated heterocycles. The Morgan fingerprint density at radius 1 is 1.28 bits per heavy atom. The molecule has 5 N–H and O–H groups in total. The number of H-pyrrole nitrogens is 2. The number of aromatic amines is 2. The number of benzene rings is 1. The Morgan fingerprint density at radius 3 is 2.94 bits per heavy atom. The first-order valence-electron chi connectivity index (χ1n) is 10.6. The summed E-state index contributed by atoms with van der Waals surface area (Å²) in [6, 6.07) is 9.68. The molecule has 8 nitrogen and oxygen atoms in total. The molecule has 0 fully saturated rings. The third-order valence-corrected chi connectivity index (χ3v) is 6.03. The monoisotopic (exact) mass is 428 g/mol. The largest absolute Gasteiger partial charge is 0.361 e. The summed E-state index contributed by atoms with van der Waals surface area (Å²) in [6.45, 7) is 2.13. The van der Waals surface area contributed by atoms with Gasteiger partial charge < -0.3 is 20.9 Å². The van der Waals surface area contributed by atoms with Crippen LogP contribution in [0.25, 0.3) is 28.1 Å². The second kappa shape index (κ2) is 7.97. The molecule has 0 spiro atoms.